The standard InChI is InChI=1S/C26H24FN7O2S/c1-37(35,36)31-11-15-6-17(8-19(27)7-15)22-13-29-14-24-20(22)10-23(32-24)25-21-9-18(12-30-26(21)34-33-25)16-2-4-28-5-3-16/h2,6-10,12-14,28,31-32H,3-5,11H2,1H3,(H,30,33,34). The Kier molecular flexibility index (Phi) is 5.82. The lowest BCUT2D eigenvalue weighted by Crippen LogP contribution is -2.21. The minimum atomic E-state index is -3.41. The molecule has 0 saturated heterocycles. The van der Waals surface area contributed by atoms with Gasteiger partial charge in [-0.3, -0.25) is 10.1 Å². The fourth-order valence-electron chi connectivity index (χ4n) is 4.70. The summed E-state index contributed by atoms with van der Waals surface area (Å²) in [6.45, 7) is 1.77. The molecule has 0 bridgehead atoms. The highest BCUT2D eigenvalue weighted by Gasteiger charge is 2.17. The Morgan fingerprint density at radius 3 is 2.76 bits per heavy atom. The summed E-state index contributed by atoms with van der Waals surface area (Å²) in [6, 6.07) is 8.57. The number of rotatable bonds is 6. The van der Waals surface area contributed by atoms with Gasteiger partial charge in [-0.1, -0.05) is 6.08 Å². The maximum atomic E-state index is 14.5. The minimum absolute atomic E-state index is 0.00747. The van der Waals surface area contributed by atoms with Crippen molar-refractivity contribution in [2.75, 3.05) is 19.3 Å². The maximum absolute atomic E-state index is 14.5. The van der Waals surface area contributed by atoms with E-state index in [-0.39, 0.29) is 6.54 Å². The second-order valence-electron chi connectivity index (χ2n) is 9.15. The highest BCUT2D eigenvalue weighted by atomic mass is 32.2. The molecule has 1 aliphatic rings. The first-order chi connectivity index (χ1) is 17.8. The van der Waals surface area contributed by atoms with Crippen LogP contribution in [0, 0.1) is 5.82 Å². The van der Waals surface area contributed by atoms with Crippen LogP contribution in [-0.4, -0.2) is 52.9 Å². The number of hydrogen-bond donors (Lipinski definition) is 4. The lowest BCUT2D eigenvalue weighted by atomic mass is 10.00. The summed E-state index contributed by atoms with van der Waals surface area (Å²) in [6.07, 6.45) is 9.46. The lowest BCUT2D eigenvalue weighted by molar-refractivity contribution is 0.586. The molecule has 11 heteroatoms. The summed E-state index contributed by atoms with van der Waals surface area (Å²) >= 11 is 0. The first-order valence-electron chi connectivity index (χ1n) is 11.8. The van der Waals surface area contributed by atoms with Gasteiger partial charge in [0.15, 0.2) is 5.65 Å². The first-order valence-corrected chi connectivity index (χ1v) is 13.7. The smallest absolute Gasteiger partial charge is 0.209 e. The van der Waals surface area contributed by atoms with Gasteiger partial charge < -0.3 is 10.3 Å². The molecule has 0 radical (unpaired) electrons. The number of nitrogens with zero attached hydrogens (tertiary/aromatic N) is 3. The van der Waals surface area contributed by atoms with Crippen molar-refractivity contribution in [1.29, 1.82) is 0 Å². The van der Waals surface area contributed by atoms with Gasteiger partial charge in [-0.2, -0.15) is 5.10 Å². The van der Waals surface area contributed by atoms with E-state index in [4.69, 9.17) is 0 Å². The number of aromatic nitrogens is 5. The zero-order chi connectivity index (χ0) is 25.6. The van der Waals surface area contributed by atoms with Crippen LogP contribution in [-0.2, 0) is 16.6 Å². The summed E-state index contributed by atoms with van der Waals surface area (Å²) in [4.78, 5) is 12.3. The van der Waals surface area contributed by atoms with Crippen molar-refractivity contribution in [3.05, 3.63) is 71.9 Å². The Labute approximate surface area is 212 Å². The SMILES string of the molecule is CS(=O)(=O)NCc1cc(F)cc(-c2cncc3[nH]c(-c4n[nH]c5ncc(C6=CCNCC6)cc45)cc23)c1. The van der Waals surface area contributed by atoms with Crippen LogP contribution in [0.3, 0.4) is 0 Å². The zero-order valence-corrected chi connectivity index (χ0v) is 20.8. The number of fused-ring (bicyclic) bond motifs is 2. The second kappa shape index (κ2) is 9.18. The van der Waals surface area contributed by atoms with Crippen LogP contribution in [0.5, 0.6) is 0 Å². The number of halogens is 1. The molecular weight excluding hydrogens is 493 g/mol. The van der Waals surface area contributed by atoms with E-state index in [1.807, 2.05) is 12.3 Å². The third-order valence-corrected chi connectivity index (χ3v) is 7.13. The van der Waals surface area contributed by atoms with E-state index in [1.54, 1.807) is 18.5 Å². The number of pyridine rings is 2. The average Bonchev–Trinajstić information content (AvgIpc) is 3.51. The number of nitrogens with one attached hydrogen (secondary N) is 4. The normalized spacial score (nSPS) is 14.4. The molecule has 188 valence electrons. The molecule has 0 atom stereocenters. The monoisotopic (exact) mass is 517 g/mol. The largest absolute Gasteiger partial charge is 0.352 e. The number of benzene rings is 1. The fourth-order valence-corrected chi connectivity index (χ4v) is 5.13. The molecule has 0 saturated carbocycles. The molecule has 6 rings (SSSR count). The van der Waals surface area contributed by atoms with Crippen molar-refractivity contribution >= 4 is 37.5 Å². The third-order valence-electron chi connectivity index (χ3n) is 6.46. The molecular formula is C26H24FN7O2S. The van der Waals surface area contributed by atoms with Crippen molar-refractivity contribution in [3.63, 3.8) is 0 Å². The molecule has 9 nitrogen and oxygen atoms in total. The van der Waals surface area contributed by atoms with Gasteiger partial charge in [-0.15, -0.1) is 0 Å². The van der Waals surface area contributed by atoms with Crippen LogP contribution in [0.15, 0.2) is 55.0 Å². The van der Waals surface area contributed by atoms with Crippen molar-refractivity contribution < 1.29 is 12.8 Å². The highest BCUT2D eigenvalue weighted by Crippen LogP contribution is 2.34. The molecule has 1 aromatic carbocycles. The highest BCUT2D eigenvalue weighted by molar-refractivity contribution is 7.88. The van der Waals surface area contributed by atoms with E-state index in [0.717, 1.165) is 64.6 Å². The maximum Gasteiger partial charge on any atom is 0.209 e. The van der Waals surface area contributed by atoms with Crippen LogP contribution in [0.2, 0.25) is 0 Å². The molecule has 0 aliphatic carbocycles. The van der Waals surface area contributed by atoms with E-state index >= 15 is 0 Å². The Morgan fingerprint density at radius 2 is 1.95 bits per heavy atom. The van der Waals surface area contributed by atoms with Gasteiger partial charge in [0.25, 0.3) is 0 Å². The average molecular weight is 518 g/mol. The molecule has 37 heavy (non-hydrogen) atoms. The molecule has 0 fully saturated rings. The van der Waals surface area contributed by atoms with Crippen molar-refractivity contribution in [2.45, 2.75) is 13.0 Å². The predicted molar refractivity (Wildman–Crippen MR) is 142 cm³/mol. The first kappa shape index (κ1) is 23.5. The third kappa shape index (κ3) is 4.76. The molecule has 0 amide bonds. The summed E-state index contributed by atoms with van der Waals surface area (Å²) in [5, 5.41) is 12.6. The van der Waals surface area contributed by atoms with E-state index in [1.165, 1.54) is 17.7 Å². The van der Waals surface area contributed by atoms with Crippen LogP contribution in [0.4, 0.5) is 4.39 Å². The Bertz CT molecular complexity index is 1790. The summed E-state index contributed by atoms with van der Waals surface area (Å²) < 4.78 is 39.9. The van der Waals surface area contributed by atoms with Gasteiger partial charge in [0.2, 0.25) is 10.0 Å². The molecule has 5 heterocycles. The summed E-state index contributed by atoms with van der Waals surface area (Å²) in [5.41, 5.74) is 7.15. The molecule has 0 unspecified atom stereocenters. The number of sulfonamides is 1. The van der Waals surface area contributed by atoms with E-state index in [0.29, 0.717) is 16.8 Å². The number of aromatic amines is 2. The second-order valence-corrected chi connectivity index (χ2v) is 11.0. The van der Waals surface area contributed by atoms with Crippen molar-refractivity contribution in [2.24, 2.45) is 0 Å². The summed E-state index contributed by atoms with van der Waals surface area (Å²) in [7, 11) is -3.41. The molecule has 1 aliphatic heterocycles. The Morgan fingerprint density at radius 1 is 1.05 bits per heavy atom. The lowest BCUT2D eigenvalue weighted by Gasteiger charge is -2.13. The van der Waals surface area contributed by atoms with Gasteiger partial charge in [-0.25, -0.2) is 22.5 Å². The Balaban J connectivity index is 1.42. The van der Waals surface area contributed by atoms with Crippen LogP contribution in [0.25, 0.3) is 50.0 Å². The van der Waals surface area contributed by atoms with Gasteiger partial charge in [0, 0.05) is 41.8 Å². The predicted octanol–water partition coefficient (Wildman–Crippen LogP) is 3.73. The van der Waals surface area contributed by atoms with Crippen LogP contribution >= 0.6 is 0 Å². The minimum Gasteiger partial charge on any atom is -0.352 e. The topological polar surface area (TPSA) is 128 Å². The number of H-pyrrole nitrogens is 2. The Hall–Kier alpha value is -3.93. The van der Waals surface area contributed by atoms with E-state index < -0.39 is 15.8 Å². The van der Waals surface area contributed by atoms with Crippen LogP contribution in [0.1, 0.15) is 17.5 Å². The van der Waals surface area contributed by atoms with Gasteiger partial charge >= 0.3 is 0 Å². The molecule has 4 aromatic heterocycles. The quantitative estimate of drug-likeness (QED) is 0.272. The van der Waals surface area contributed by atoms with Gasteiger partial charge in [0.05, 0.1) is 23.7 Å². The zero-order valence-electron chi connectivity index (χ0n) is 20.0. The molecule has 5 aromatic rings. The van der Waals surface area contributed by atoms with Crippen molar-refractivity contribution in [3.8, 4) is 22.5 Å². The fraction of sp³-hybridized carbons (Fsp3) is 0.192. The van der Waals surface area contributed by atoms with Crippen molar-refractivity contribution in [1.82, 2.24) is 35.2 Å². The summed E-state index contributed by atoms with van der Waals surface area (Å²) in [5.74, 6) is -0.459. The molecule has 4 N–H and O–H groups in total. The van der Waals surface area contributed by atoms with E-state index in [2.05, 4.69) is 47.3 Å². The number of hydrogen-bond acceptors (Lipinski definition) is 6. The van der Waals surface area contributed by atoms with E-state index in [9.17, 15) is 12.8 Å². The van der Waals surface area contributed by atoms with Crippen LogP contribution < -0.4 is 10.0 Å². The molecule has 0 spiro atoms. The van der Waals surface area contributed by atoms with Gasteiger partial charge in [-0.05, 0) is 65.6 Å². The van der Waals surface area contributed by atoms with Gasteiger partial charge in [0.1, 0.15) is 11.5 Å².